The molecule has 3 rings (SSSR count). The van der Waals surface area contributed by atoms with Crippen LogP contribution in [-0.4, -0.2) is 25.4 Å². The molecule has 0 amide bonds. The molecule has 0 radical (unpaired) electrons. The topological polar surface area (TPSA) is 110 Å². The fourth-order valence-electron chi connectivity index (χ4n) is 3.24. The zero-order valence-electron chi connectivity index (χ0n) is 18.5. The number of aromatic nitrogens is 3. The average Bonchev–Trinajstić information content (AvgIpc) is 3.10. The highest BCUT2D eigenvalue weighted by Crippen LogP contribution is 2.34. The molecule has 0 aliphatic rings. The lowest BCUT2D eigenvalue weighted by molar-refractivity contribution is 0.104. The number of nitrogens with zero attached hydrogens (tertiary/aromatic N) is 4. The first-order chi connectivity index (χ1) is 14.7. The smallest absolute Gasteiger partial charge is 0.217 e. The molecular weight excluding hydrogens is 390 g/mol. The zero-order valence-corrected chi connectivity index (χ0v) is 18.5. The lowest BCUT2D eigenvalue weighted by Crippen LogP contribution is -2.39. The van der Waals surface area contributed by atoms with Gasteiger partial charge in [0.1, 0.15) is 5.75 Å². The van der Waals surface area contributed by atoms with Gasteiger partial charge in [-0.05, 0) is 51.0 Å². The highest BCUT2D eigenvalue weighted by molar-refractivity contribution is 5.69. The van der Waals surface area contributed by atoms with Crippen molar-refractivity contribution < 1.29 is 9.84 Å². The van der Waals surface area contributed by atoms with Crippen LogP contribution < -0.4 is 10.5 Å². The van der Waals surface area contributed by atoms with Gasteiger partial charge in [0.05, 0.1) is 29.1 Å². The molecule has 0 bridgehead atoms. The van der Waals surface area contributed by atoms with Crippen LogP contribution in [0.2, 0.25) is 0 Å². The van der Waals surface area contributed by atoms with Crippen molar-refractivity contribution in [3.8, 4) is 29.0 Å². The SMILES string of the molecule is CCCCc1cc(Oc2cc(C#N)ccc2-c2ccc(C(O)C(C)(C)N)cn2)n(C)n1. The largest absolute Gasteiger partial charge is 0.439 e. The molecule has 2 heterocycles. The van der Waals surface area contributed by atoms with Crippen LogP contribution in [0.4, 0.5) is 0 Å². The molecule has 31 heavy (non-hydrogen) atoms. The maximum atomic E-state index is 10.4. The summed E-state index contributed by atoms with van der Waals surface area (Å²) in [4.78, 5) is 4.51. The Morgan fingerprint density at radius 2 is 2.03 bits per heavy atom. The van der Waals surface area contributed by atoms with Crippen LogP contribution in [0, 0.1) is 11.3 Å². The summed E-state index contributed by atoms with van der Waals surface area (Å²) in [6.07, 6.45) is 3.83. The summed E-state index contributed by atoms with van der Waals surface area (Å²) in [7, 11) is 1.83. The number of ether oxygens (including phenoxy) is 1. The van der Waals surface area contributed by atoms with E-state index in [2.05, 4.69) is 23.1 Å². The summed E-state index contributed by atoms with van der Waals surface area (Å²) in [6.45, 7) is 5.67. The van der Waals surface area contributed by atoms with E-state index in [0.717, 1.165) is 30.5 Å². The number of rotatable bonds is 8. The maximum Gasteiger partial charge on any atom is 0.217 e. The molecular formula is C24H29N5O2. The zero-order chi connectivity index (χ0) is 22.6. The summed E-state index contributed by atoms with van der Waals surface area (Å²) in [5.41, 5.74) is 8.74. The molecule has 1 aromatic carbocycles. The molecule has 7 heteroatoms. The molecule has 0 aliphatic carbocycles. The Hall–Kier alpha value is -3.21. The number of unbranched alkanes of at least 4 members (excludes halogenated alkanes) is 1. The third kappa shape index (κ3) is 5.29. The third-order valence-corrected chi connectivity index (χ3v) is 5.08. The fraction of sp³-hybridized carbons (Fsp3) is 0.375. The molecule has 1 unspecified atom stereocenters. The van der Waals surface area contributed by atoms with Crippen molar-refractivity contribution in [2.75, 3.05) is 0 Å². The Bertz CT molecular complexity index is 1070. The van der Waals surface area contributed by atoms with Crippen LogP contribution in [0.25, 0.3) is 11.3 Å². The van der Waals surface area contributed by atoms with Crippen molar-refractivity contribution in [2.45, 2.75) is 51.7 Å². The monoisotopic (exact) mass is 419 g/mol. The number of hydrogen-bond donors (Lipinski definition) is 2. The van der Waals surface area contributed by atoms with Gasteiger partial charge >= 0.3 is 0 Å². The van der Waals surface area contributed by atoms with Gasteiger partial charge in [-0.3, -0.25) is 4.98 Å². The number of pyridine rings is 1. The van der Waals surface area contributed by atoms with Gasteiger partial charge in [-0.25, -0.2) is 4.68 Å². The molecule has 0 saturated carbocycles. The number of aliphatic hydroxyl groups excluding tert-OH is 1. The van der Waals surface area contributed by atoms with Gasteiger partial charge < -0.3 is 15.6 Å². The van der Waals surface area contributed by atoms with Gasteiger partial charge in [0.25, 0.3) is 0 Å². The van der Waals surface area contributed by atoms with Crippen molar-refractivity contribution in [3.63, 3.8) is 0 Å². The van der Waals surface area contributed by atoms with E-state index < -0.39 is 11.6 Å². The summed E-state index contributed by atoms with van der Waals surface area (Å²) in [5.74, 6) is 1.11. The minimum absolute atomic E-state index is 0.490. The molecule has 162 valence electrons. The minimum Gasteiger partial charge on any atom is -0.439 e. The van der Waals surface area contributed by atoms with E-state index in [-0.39, 0.29) is 0 Å². The lowest BCUT2D eigenvalue weighted by Gasteiger charge is -2.25. The Kier molecular flexibility index (Phi) is 6.74. The standard InChI is InChI=1S/C24H29N5O2/c1-5-6-7-18-13-22(29(4)28-18)31-21-12-16(14-25)8-10-19(21)20-11-9-17(15-27-20)23(30)24(2,3)26/h8-13,15,23,30H,5-7,26H2,1-4H3. The Labute approximate surface area is 183 Å². The van der Waals surface area contributed by atoms with Crippen LogP contribution in [0.1, 0.15) is 56.5 Å². The Balaban J connectivity index is 1.94. The highest BCUT2D eigenvalue weighted by atomic mass is 16.5. The molecule has 3 aromatic rings. The second-order valence-corrected chi connectivity index (χ2v) is 8.33. The van der Waals surface area contributed by atoms with Gasteiger partial charge in [-0.2, -0.15) is 10.4 Å². The summed E-state index contributed by atoms with van der Waals surface area (Å²) < 4.78 is 7.87. The van der Waals surface area contributed by atoms with Crippen molar-refractivity contribution in [1.29, 1.82) is 5.26 Å². The summed E-state index contributed by atoms with van der Waals surface area (Å²) in [5, 5.41) is 24.3. The number of nitriles is 1. The number of hydrogen-bond acceptors (Lipinski definition) is 6. The van der Waals surface area contributed by atoms with Crippen molar-refractivity contribution in [1.82, 2.24) is 14.8 Å². The van der Waals surface area contributed by atoms with Gasteiger partial charge in [0.2, 0.25) is 5.88 Å². The van der Waals surface area contributed by atoms with Crippen LogP contribution in [0.3, 0.4) is 0 Å². The average molecular weight is 420 g/mol. The lowest BCUT2D eigenvalue weighted by atomic mass is 9.93. The number of aryl methyl sites for hydroxylation is 2. The predicted octanol–water partition coefficient (Wildman–Crippen LogP) is 4.26. The van der Waals surface area contributed by atoms with Gasteiger partial charge in [0, 0.05) is 36.0 Å². The number of nitrogens with two attached hydrogens (primary N) is 1. The number of benzene rings is 1. The molecule has 0 fully saturated rings. The molecule has 0 spiro atoms. The fourth-order valence-corrected chi connectivity index (χ4v) is 3.24. The van der Waals surface area contributed by atoms with Crippen LogP contribution in [0.5, 0.6) is 11.6 Å². The second-order valence-electron chi connectivity index (χ2n) is 8.33. The number of aliphatic hydroxyl groups is 1. The minimum atomic E-state index is -0.832. The summed E-state index contributed by atoms with van der Waals surface area (Å²) >= 11 is 0. The van der Waals surface area contributed by atoms with Crippen LogP contribution >= 0.6 is 0 Å². The van der Waals surface area contributed by atoms with Gasteiger partial charge in [0.15, 0.2) is 0 Å². The van der Waals surface area contributed by atoms with Crippen molar-refractivity contribution in [2.24, 2.45) is 12.8 Å². The molecule has 0 aliphatic heterocycles. The van der Waals surface area contributed by atoms with Crippen molar-refractivity contribution >= 4 is 0 Å². The van der Waals surface area contributed by atoms with E-state index in [4.69, 9.17) is 10.5 Å². The van der Waals surface area contributed by atoms with Gasteiger partial charge in [-0.15, -0.1) is 0 Å². The maximum absolute atomic E-state index is 10.4. The quantitative estimate of drug-likeness (QED) is 0.564. The van der Waals surface area contributed by atoms with E-state index in [0.29, 0.717) is 28.5 Å². The molecule has 1 atom stereocenters. The summed E-state index contributed by atoms with van der Waals surface area (Å²) in [6, 6.07) is 12.9. The van der Waals surface area contributed by atoms with E-state index in [1.165, 1.54) is 0 Å². The third-order valence-electron chi connectivity index (χ3n) is 5.08. The first-order valence-corrected chi connectivity index (χ1v) is 10.4. The molecule has 7 nitrogen and oxygen atoms in total. The Morgan fingerprint density at radius 3 is 2.65 bits per heavy atom. The van der Waals surface area contributed by atoms with Crippen molar-refractivity contribution in [3.05, 3.63) is 59.4 Å². The molecule has 2 aromatic heterocycles. The van der Waals surface area contributed by atoms with E-state index >= 15 is 0 Å². The van der Waals surface area contributed by atoms with Crippen LogP contribution in [0.15, 0.2) is 42.6 Å². The molecule has 3 N–H and O–H groups in total. The Morgan fingerprint density at radius 1 is 1.26 bits per heavy atom. The van der Waals surface area contributed by atoms with Crippen LogP contribution in [-0.2, 0) is 13.5 Å². The normalized spacial score (nSPS) is 12.4. The second kappa shape index (κ2) is 9.29. The van der Waals surface area contributed by atoms with E-state index in [1.54, 1.807) is 42.9 Å². The first kappa shape index (κ1) is 22.5. The molecule has 0 saturated heterocycles. The van der Waals surface area contributed by atoms with E-state index in [9.17, 15) is 10.4 Å². The van der Waals surface area contributed by atoms with E-state index in [1.807, 2.05) is 25.2 Å². The predicted molar refractivity (Wildman–Crippen MR) is 120 cm³/mol. The van der Waals surface area contributed by atoms with Gasteiger partial charge in [-0.1, -0.05) is 19.4 Å². The first-order valence-electron chi connectivity index (χ1n) is 10.4. The highest BCUT2D eigenvalue weighted by Gasteiger charge is 2.24.